The maximum Gasteiger partial charge on any atom is 0.251 e. The molecule has 0 spiro atoms. The minimum absolute atomic E-state index is 0.204. The summed E-state index contributed by atoms with van der Waals surface area (Å²) in [6.45, 7) is 0.417. The quantitative estimate of drug-likeness (QED) is 0.769. The molecule has 0 saturated heterocycles. The van der Waals surface area contributed by atoms with Crippen molar-refractivity contribution in [2.75, 3.05) is 20.7 Å². The number of rotatable bonds is 7. The van der Waals surface area contributed by atoms with Crippen molar-refractivity contribution in [1.82, 2.24) is 10.0 Å². The van der Waals surface area contributed by atoms with Gasteiger partial charge < -0.3 is 10.1 Å². The van der Waals surface area contributed by atoms with Crippen LogP contribution in [-0.2, 0) is 16.4 Å². The van der Waals surface area contributed by atoms with E-state index >= 15 is 0 Å². The maximum absolute atomic E-state index is 12.1. The first kappa shape index (κ1) is 19.2. The fourth-order valence-corrected chi connectivity index (χ4v) is 3.17. The molecule has 2 aromatic rings. The van der Waals surface area contributed by atoms with Gasteiger partial charge >= 0.3 is 0 Å². The van der Waals surface area contributed by atoms with Crippen LogP contribution in [0, 0.1) is 0 Å². The highest BCUT2D eigenvalue weighted by Crippen LogP contribution is 2.24. The van der Waals surface area contributed by atoms with E-state index in [-0.39, 0.29) is 10.8 Å². The van der Waals surface area contributed by atoms with Crippen molar-refractivity contribution in [3.8, 4) is 5.75 Å². The predicted octanol–water partition coefficient (Wildman–Crippen LogP) is 2.23. The lowest BCUT2D eigenvalue weighted by molar-refractivity contribution is 0.0954. The van der Waals surface area contributed by atoms with Gasteiger partial charge in [-0.05, 0) is 49.4 Å². The summed E-state index contributed by atoms with van der Waals surface area (Å²) in [5, 5.41) is 3.17. The Labute approximate surface area is 152 Å². The average molecular weight is 383 g/mol. The van der Waals surface area contributed by atoms with Gasteiger partial charge in [0.2, 0.25) is 10.0 Å². The second-order valence-corrected chi connectivity index (χ2v) is 7.50. The molecule has 0 radical (unpaired) electrons. The van der Waals surface area contributed by atoms with Crippen LogP contribution in [0.3, 0.4) is 0 Å². The Hall–Kier alpha value is -2.09. The number of carbonyl (C=O) groups excluding carboxylic acids is 1. The monoisotopic (exact) mass is 382 g/mol. The van der Waals surface area contributed by atoms with Crippen molar-refractivity contribution in [2.45, 2.75) is 11.3 Å². The van der Waals surface area contributed by atoms with Crippen LogP contribution >= 0.6 is 11.6 Å². The Bertz CT molecular complexity index is 851. The van der Waals surface area contributed by atoms with Crippen LogP contribution in [0.2, 0.25) is 5.02 Å². The summed E-state index contributed by atoms with van der Waals surface area (Å²) >= 11 is 6.01. The Morgan fingerprint density at radius 1 is 1.16 bits per heavy atom. The number of benzene rings is 2. The molecule has 0 aliphatic heterocycles. The van der Waals surface area contributed by atoms with Gasteiger partial charge in [0.15, 0.2) is 0 Å². The highest BCUT2D eigenvalue weighted by molar-refractivity contribution is 7.89. The van der Waals surface area contributed by atoms with Gasteiger partial charge in [-0.15, -0.1) is 0 Å². The van der Waals surface area contributed by atoms with Crippen molar-refractivity contribution in [3.05, 3.63) is 58.6 Å². The van der Waals surface area contributed by atoms with Gasteiger partial charge in [0, 0.05) is 12.1 Å². The Kier molecular flexibility index (Phi) is 6.41. The van der Waals surface area contributed by atoms with E-state index in [0.717, 1.165) is 5.56 Å². The van der Waals surface area contributed by atoms with Crippen molar-refractivity contribution in [2.24, 2.45) is 0 Å². The van der Waals surface area contributed by atoms with Crippen molar-refractivity contribution < 1.29 is 17.9 Å². The fourth-order valence-electron chi connectivity index (χ4n) is 2.18. The van der Waals surface area contributed by atoms with E-state index in [4.69, 9.17) is 16.3 Å². The second kappa shape index (κ2) is 8.33. The van der Waals surface area contributed by atoms with Gasteiger partial charge in [-0.1, -0.05) is 23.7 Å². The molecule has 2 N–H and O–H groups in total. The first-order valence-electron chi connectivity index (χ1n) is 7.51. The summed E-state index contributed by atoms with van der Waals surface area (Å²) in [4.78, 5) is 12.3. The predicted molar refractivity (Wildman–Crippen MR) is 96.7 cm³/mol. The normalized spacial score (nSPS) is 11.2. The third-order valence-electron chi connectivity index (χ3n) is 3.62. The molecule has 0 heterocycles. The lowest BCUT2D eigenvalue weighted by atomic mass is 10.1. The lowest BCUT2D eigenvalue weighted by Crippen LogP contribution is -2.25. The first-order valence-corrected chi connectivity index (χ1v) is 9.37. The van der Waals surface area contributed by atoms with Crippen LogP contribution in [0.1, 0.15) is 15.9 Å². The molecule has 25 heavy (non-hydrogen) atoms. The highest BCUT2D eigenvalue weighted by atomic mass is 35.5. The molecule has 2 aromatic carbocycles. The Morgan fingerprint density at radius 2 is 1.84 bits per heavy atom. The zero-order valence-corrected chi connectivity index (χ0v) is 15.4. The SMILES string of the molecule is CNS(=O)(=O)c1ccc(CCNC(=O)c2ccc(OC)c(Cl)c2)cc1. The minimum atomic E-state index is -3.44. The van der Waals surface area contributed by atoms with Crippen LogP contribution < -0.4 is 14.8 Å². The second-order valence-electron chi connectivity index (χ2n) is 5.21. The first-order chi connectivity index (χ1) is 11.9. The molecule has 0 bridgehead atoms. The summed E-state index contributed by atoms with van der Waals surface area (Å²) in [7, 11) is -0.564. The number of methoxy groups -OCH3 is 1. The Morgan fingerprint density at radius 3 is 2.40 bits per heavy atom. The number of nitrogens with one attached hydrogen (secondary N) is 2. The molecule has 0 fully saturated rings. The zero-order chi connectivity index (χ0) is 18.4. The van der Waals surface area contributed by atoms with Crippen LogP contribution in [0.25, 0.3) is 0 Å². The third-order valence-corrected chi connectivity index (χ3v) is 5.34. The van der Waals surface area contributed by atoms with E-state index < -0.39 is 10.0 Å². The number of hydrogen-bond acceptors (Lipinski definition) is 4. The van der Waals surface area contributed by atoms with Crippen molar-refractivity contribution >= 4 is 27.5 Å². The average Bonchev–Trinajstić information content (AvgIpc) is 2.62. The summed E-state index contributed by atoms with van der Waals surface area (Å²) in [5.74, 6) is 0.272. The van der Waals surface area contributed by atoms with E-state index in [2.05, 4.69) is 10.0 Å². The number of sulfonamides is 1. The van der Waals surface area contributed by atoms with E-state index in [1.807, 2.05) is 0 Å². The number of carbonyl (C=O) groups is 1. The number of ether oxygens (including phenoxy) is 1. The van der Waals surface area contributed by atoms with Crippen molar-refractivity contribution in [3.63, 3.8) is 0 Å². The molecule has 8 heteroatoms. The van der Waals surface area contributed by atoms with Gasteiger partial charge in [-0.2, -0.15) is 0 Å². The largest absolute Gasteiger partial charge is 0.495 e. The molecule has 6 nitrogen and oxygen atoms in total. The van der Waals surface area contributed by atoms with Gasteiger partial charge in [0.25, 0.3) is 5.91 Å². The van der Waals surface area contributed by atoms with Gasteiger partial charge in [-0.25, -0.2) is 13.1 Å². The van der Waals surface area contributed by atoms with Crippen LogP contribution in [-0.4, -0.2) is 35.0 Å². The zero-order valence-electron chi connectivity index (χ0n) is 13.9. The molecule has 134 valence electrons. The van der Waals surface area contributed by atoms with Gasteiger partial charge in [0.1, 0.15) is 5.75 Å². The molecule has 0 atom stereocenters. The molecular formula is C17H19ClN2O4S. The molecule has 0 aliphatic rings. The van der Waals surface area contributed by atoms with E-state index in [1.54, 1.807) is 30.3 Å². The number of amides is 1. The maximum atomic E-state index is 12.1. The third kappa shape index (κ3) is 4.94. The smallest absolute Gasteiger partial charge is 0.251 e. The van der Waals surface area contributed by atoms with Crippen LogP contribution in [0.5, 0.6) is 5.75 Å². The summed E-state index contributed by atoms with van der Waals surface area (Å²) in [5.41, 5.74) is 1.37. The molecular weight excluding hydrogens is 364 g/mol. The van der Waals surface area contributed by atoms with E-state index in [0.29, 0.717) is 29.3 Å². The molecule has 0 aromatic heterocycles. The summed E-state index contributed by atoms with van der Waals surface area (Å²) < 4.78 is 30.6. The van der Waals surface area contributed by atoms with Crippen molar-refractivity contribution in [1.29, 1.82) is 0 Å². The number of halogens is 1. The fraction of sp³-hybridized carbons (Fsp3) is 0.235. The van der Waals surface area contributed by atoms with Gasteiger partial charge in [-0.3, -0.25) is 4.79 Å². The lowest BCUT2D eigenvalue weighted by Gasteiger charge is -2.08. The van der Waals surface area contributed by atoms with Crippen LogP contribution in [0.15, 0.2) is 47.4 Å². The number of hydrogen-bond donors (Lipinski definition) is 2. The molecule has 0 saturated carbocycles. The highest BCUT2D eigenvalue weighted by Gasteiger charge is 2.11. The minimum Gasteiger partial charge on any atom is -0.495 e. The summed E-state index contributed by atoms with van der Waals surface area (Å²) in [6.07, 6.45) is 0.579. The van der Waals surface area contributed by atoms with Crippen LogP contribution in [0.4, 0.5) is 0 Å². The topological polar surface area (TPSA) is 84.5 Å². The van der Waals surface area contributed by atoms with E-state index in [9.17, 15) is 13.2 Å². The van der Waals surface area contributed by atoms with E-state index in [1.165, 1.54) is 26.3 Å². The molecule has 2 rings (SSSR count). The molecule has 1 amide bonds. The Balaban J connectivity index is 1.92. The summed E-state index contributed by atoms with van der Waals surface area (Å²) in [6, 6.07) is 11.3. The molecule has 0 unspecified atom stereocenters. The standard InChI is InChI=1S/C17H19ClN2O4S/c1-19-25(22,23)14-6-3-12(4-7-14)9-10-20-17(21)13-5-8-16(24-2)15(18)11-13/h3-8,11,19H,9-10H2,1-2H3,(H,20,21). The molecule has 0 aliphatic carbocycles. The van der Waals surface area contributed by atoms with Gasteiger partial charge in [0.05, 0.1) is 17.0 Å².